The first-order valence-electron chi connectivity index (χ1n) is 11.3. The number of nitrogens with zero attached hydrogens (tertiary/aromatic N) is 3. The number of aromatic amines is 1. The van der Waals surface area contributed by atoms with Gasteiger partial charge in [0.15, 0.2) is 0 Å². The Morgan fingerprint density at radius 1 is 1.12 bits per heavy atom. The van der Waals surface area contributed by atoms with Crippen molar-refractivity contribution >= 4 is 11.8 Å². The number of amides is 2. The number of hydrogen-bond acceptors (Lipinski definition) is 5. The van der Waals surface area contributed by atoms with E-state index in [1.54, 1.807) is 6.07 Å². The van der Waals surface area contributed by atoms with Crippen molar-refractivity contribution in [2.75, 3.05) is 13.1 Å². The van der Waals surface area contributed by atoms with Crippen molar-refractivity contribution in [2.24, 2.45) is 0 Å². The number of likely N-dealkylation sites (tertiary alicyclic amines) is 1. The maximum atomic E-state index is 12.7. The smallest absolute Gasteiger partial charge is 0.288 e. The largest absolute Gasteiger partial charge is 0.431 e. The Labute approximate surface area is 187 Å². The lowest BCUT2D eigenvalue weighted by Gasteiger charge is -2.25. The topological polar surface area (TPSA) is 104 Å². The van der Waals surface area contributed by atoms with Crippen LogP contribution in [0.15, 0.2) is 40.9 Å². The van der Waals surface area contributed by atoms with Crippen LogP contribution in [0, 0.1) is 0 Å². The summed E-state index contributed by atoms with van der Waals surface area (Å²) in [6.07, 6.45) is 6.43. The Morgan fingerprint density at radius 3 is 2.62 bits per heavy atom. The molecule has 0 bridgehead atoms. The summed E-state index contributed by atoms with van der Waals surface area (Å²) < 4.78 is 5.72. The summed E-state index contributed by atoms with van der Waals surface area (Å²) in [5.74, 6) is 0.274. The summed E-state index contributed by atoms with van der Waals surface area (Å²) in [5.41, 5.74) is 2.72. The zero-order valence-electron chi connectivity index (χ0n) is 18.6. The van der Waals surface area contributed by atoms with Crippen molar-refractivity contribution in [2.45, 2.75) is 52.0 Å². The van der Waals surface area contributed by atoms with E-state index < -0.39 is 0 Å². The maximum Gasteiger partial charge on any atom is 0.288 e. The second kappa shape index (κ2) is 9.80. The van der Waals surface area contributed by atoms with Crippen LogP contribution in [0.4, 0.5) is 0 Å². The molecule has 0 unspecified atom stereocenters. The van der Waals surface area contributed by atoms with Gasteiger partial charge in [-0.05, 0) is 50.3 Å². The molecular weight excluding hydrogens is 406 g/mol. The number of aromatic nitrogens is 3. The van der Waals surface area contributed by atoms with Gasteiger partial charge in [0, 0.05) is 30.3 Å². The summed E-state index contributed by atoms with van der Waals surface area (Å²) in [6, 6.07) is 9.43. The molecule has 32 heavy (non-hydrogen) atoms. The molecule has 1 fully saturated rings. The Kier molecular flexibility index (Phi) is 6.68. The second-order valence-electron chi connectivity index (χ2n) is 8.12. The van der Waals surface area contributed by atoms with E-state index in [4.69, 9.17) is 4.42 Å². The van der Waals surface area contributed by atoms with Gasteiger partial charge in [-0.25, -0.2) is 4.98 Å². The lowest BCUT2D eigenvalue weighted by Crippen LogP contribution is -2.35. The minimum absolute atomic E-state index is 0.0135. The van der Waals surface area contributed by atoms with E-state index in [-0.39, 0.29) is 23.6 Å². The summed E-state index contributed by atoms with van der Waals surface area (Å²) in [7, 11) is 0. The van der Waals surface area contributed by atoms with Crippen LogP contribution in [0.2, 0.25) is 0 Å². The first kappa shape index (κ1) is 21.8. The summed E-state index contributed by atoms with van der Waals surface area (Å²) in [6.45, 7) is 5.65. The maximum absolute atomic E-state index is 12.7. The van der Waals surface area contributed by atoms with Gasteiger partial charge in [0.1, 0.15) is 5.69 Å². The number of piperidine rings is 1. The van der Waals surface area contributed by atoms with Crippen molar-refractivity contribution in [3.05, 3.63) is 48.0 Å². The number of rotatable bonds is 7. The van der Waals surface area contributed by atoms with Crippen molar-refractivity contribution in [3.63, 3.8) is 0 Å². The standard InChI is InChI=1S/C24H29N5O3/c1-3-18(4-2)26-22(30)21-15-25-23(32-21)17-10-8-9-16(13-17)19-14-20(28-27-19)24(31)29-11-6-5-7-12-29/h8-10,13-15,18H,3-7,11-12H2,1-2H3,(H,26,30)(H,27,28). The fourth-order valence-corrected chi connectivity index (χ4v) is 3.92. The van der Waals surface area contributed by atoms with Gasteiger partial charge in [0.25, 0.3) is 11.8 Å². The van der Waals surface area contributed by atoms with Gasteiger partial charge in [-0.2, -0.15) is 5.10 Å². The van der Waals surface area contributed by atoms with Gasteiger partial charge in [0.05, 0.1) is 11.9 Å². The third-order valence-corrected chi connectivity index (χ3v) is 5.91. The number of hydrogen-bond donors (Lipinski definition) is 2. The predicted octanol–water partition coefficient (Wildman–Crippen LogP) is 4.28. The lowest BCUT2D eigenvalue weighted by molar-refractivity contribution is 0.0718. The van der Waals surface area contributed by atoms with Gasteiger partial charge in [-0.1, -0.05) is 26.0 Å². The fraction of sp³-hybridized carbons (Fsp3) is 0.417. The first-order valence-corrected chi connectivity index (χ1v) is 11.3. The minimum atomic E-state index is -0.262. The number of carbonyl (C=O) groups excluding carboxylic acids is 2. The van der Waals surface area contributed by atoms with E-state index >= 15 is 0 Å². The molecular formula is C24H29N5O3. The highest BCUT2D eigenvalue weighted by Gasteiger charge is 2.21. The fourth-order valence-electron chi connectivity index (χ4n) is 3.92. The molecule has 0 aliphatic carbocycles. The molecule has 8 heteroatoms. The molecule has 1 aromatic carbocycles. The van der Waals surface area contributed by atoms with E-state index in [0.717, 1.165) is 49.9 Å². The van der Waals surface area contributed by atoms with Gasteiger partial charge in [-0.15, -0.1) is 0 Å². The van der Waals surface area contributed by atoms with E-state index in [2.05, 4.69) is 20.5 Å². The van der Waals surface area contributed by atoms with Gasteiger partial charge in [-0.3, -0.25) is 14.7 Å². The molecule has 3 heterocycles. The molecule has 0 saturated carbocycles. The second-order valence-corrected chi connectivity index (χ2v) is 8.12. The SMILES string of the molecule is CCC(CC)NC(=O)c1cnc(-c2cccc(-c3cc(C(=O)N4CCCCC4)[nH]n3)c2)o1. The Bertz CT molecular complexity index is 1080. The van der Waals surface area contributed by atoms with E-state index in [1.807, 2.05) is 43.0 Å². The van der Waals surface area contributed by atoms with Crippen LogP contribution in [-0.2, 0) is 0 Å². The van der Waals surface area contributed by atoms with Crippen LogP contribution in [0.5, 0.6) is 0 Å². The average Bonchev–Trinajstić information content (AvgIpc) is 3.53. The number of H-pyrrole nitrogens is 1. The highest BCUT2D eigenvalue weighted by Crippen LogP contribution is 2.26. The first-order chi connectivity index (χ1) is 15.6. The van der Waals surface area contributed by atoms with Crippen LogP contribution >= 0.6 is 0 Å². The number of nitrogens with one attached hydrogen (secondary N) is 2. The molecule has 1 aliphatic rings. The quantitative estimate of drug-likeness (QED) is 0.577. The van der Waals surface area contributed by atoms with Crippen molar-refractivity contribution in [1.82, 2.24) is 25.4 Å². The Morgan fingerprint density at radius 2 is 1.88 bits per heavy atom. The zero-order valence-corrected chi connectivity index (χ0v) is 18.6. The molecule has 8 nitrogen and oxygen atoms in total. The molecule has 2 aromatic heterocycles. The van der Waals surface area contributed by atoms with E-state index in [0.29, 0.717) is 17.3 Å². The molecule has 168 valence electrons. The Balaban J connectivity index is 1.50. The van der Waals surface area contributed by atoms with Crippen LogP contribution in [0.1, 0.15) is 67.0 Å². The molecule has 2 amide bonds. The van der Waals surface area contributed by atoms with Crippen molar-refractivity contribution < 1.29 is 14.0 Å². The molecule has 3 aromatic rings. The molecule has 0 radical (unpaired) electrons. The molecule has 4 rings (SSSR count). The van der Waals surface area contributed by atoms with Crippen LogP contribution in [0.3, 0.4) is 0 Å². The molecule has 1 aliphatic heterocycles. The van der Waals surface area contributed by atoms with Gasteiger partial charge in [0.2, 0.25) is 11.7 Å². The van der Waals surface area contributed by atoms with Crippen LogP contribution in [0.25, 0.3) is 22.7 Å². The number of carbonyl (C=O) groups is 2. The van der Waals surface area contributed by atoms with E-state index in [9.17, 15) is 9.59 Å². The van der Waals surface area contributed by atoms with Crippen molar-refractivity contribution in [3.8, 4) is 22.7 Å². The summed E-state index contributed by atoms with van der Waals surface area (Å²) >= 11 is 0. The minimum Gasteiger partial charge on any atom is -0.431 e. The van der Waals surface area contributed by atoms with Crippen LogP contribution in [-0.4, -0.2) is 51.0 Å². The highest BCUT2D eigenvalue weighted by atomic mass is 16.4. The number of oxazole rings is 1. The highest BCUT2D eigenvalue weighted by molar-refractivity contribution is 5.93. The monoisotopic (exact) mass is 435 g/mol. The number of benzene rings is 1. The molecule has 0 atom stereocenters. The normalized spacial score (nSPS) is 14.0. The summed E-state index contributed by atoms with van der Waals surface area (Å²) in [4.78, 5) is 31.3. The molecule has 0 spiro atoms. The average molecular weight is 436 g/mol. The zero-order chi connectivity index (χ0) is 22.5. The van der Waals surface area contributed by atoms with Crippen molar-refractivity contribution in [1.29, 1.82) is 0 Å². The molecule has 1 saturated heterocycles. The van der Waals surface area contributed by atoms with E-state index in [1.165, 1.54) is 12.6 Å². The van der Waals surface area contributed by atoms with Crippen LogP contribution < -0.4 is 5.32 Å². The van der Waals surface area contributed by atoms with Gasteiger partial charge >= 0.3 is 0 Å². The third kappa shape index (κ3) is 4.74. The predicted molar refractivity (Wildman–Crippen MR) is 121 cm³/mol. The Hall–Kier alpha value is -3.42. The third-order valence-electron chi connectivity index (χ3n) is 5.91. The molecule has 2 N–H and O–H groups in total. The summed E-state index contributed by atoms with van der Waals surface area (Å²) in [5, 5.41) is 10.2. The lowest BCUT2D eigenvalue weighted by atomic mass is 10.1. The van der Waals surface area contributed by atoms with Gasteiger partial charge < -0.3 is 14.6 Å².